The number of hydrogen-bond donors (Lipinski definition) is 1. The van der Waals surface area contributed by atoms with E-state index in [0.29, 0.717) is 12.5 Å². The van der Waals surface area contributed by atoms with E-state index in [9.17, 15) is 8.78 Å². The number of hydrogen-bond acceptors (Lipinski definition) is 2. The van der Waals surface area contributed by atoms with Crippen LogP contribution in [0.5, 0.6) is 0 Å². The van der Waals surface area contributed by atoms with Crippen LogP contribution in [0.3, 0.4) is 0 Å². The summed E-state index contributed by atoms with van der Waals surface area (Å²) in [4.78, 5) is 0. The summed E-state index contributed by atoms with van der Waals surface area (Å²) in [7, 11) is 1.56. The Morgan fingerprint density at radius 2 is 2.19 bits per heavy atom. The van der Waals surface area contributed by atoms with E-state index in [1.807, 2.05) is 0 Å². The molecular formula is C11H14ClF2NO. The molecule has 0 aromatic heterocycles. The van der Waals surface area contributed by atoms with Crippen molar-refractivity contribution in [3.8, 4) is 0 Å². The predicted molar refractivity (Wildman–Crippen MR) is 59.6 cm³/mol. The largest absolute Gasteiger partial charge is 0.383 e. The van der Waals surface area contributed by atoms with Crippen LogP contribution in [0.4, 0.5) is 8.78 Å². The van der Waals surface area contributed by atoms with Gasteiger partial charge in [-0.05, 0) is 18.2 Å². The van der Waals surface area contributed by atoms with E-state index >= 15 is 0 Å². The van der Waals surface area contributed by atoms with Gasteiger partial charge >= 0.3 is 0 Å². The summed E-state index contributed by atoms with van der Waals surface area (Å²) in [6.45, 7) is 0.658. The van der Waals surface area contributed by atoms with Crippen LogP contribution in [0, 0.1) is 11.6 Å². The van der Waals surface area contributed by atoms with Crippen molar-refractivity contribution >= 4 is 11.6 Å². The fraction of sp³-hybridized carbons (Fsp3) is 0.455. The van der Waals surface area contributed by atoms with Gasteiger partial charge in [-0.3, -0.25) is 0 Å². The number of benzene rings is 1. The van der Waals surface area contributed by atoms with Crippen molar-refractivity contribution in [3.05, 3.63) is 35.4 Å². The van der Waals surface area contributed by atoms with Crippen LogP contribution in [0.25, 0.3) is 0 Å². The van der Waals surface area contributed by atoms with Gasteiger partial charge in [0.15, 0.2) is 0 Å². The average Bonchev–Trinajstić information content (AvgIpc) is 2.28. The van der Waals surface area contributed by atoms with E-state index in [-0.39, 0.29) is 18.2 Å². The molecule has 0 saturated carbocycles. The summed E-state index contributed by atoms with van der Waals surface area (Å²) < 4.78 is 31.0. The molecule has 0 heterocycles. The maximum absolute atomic E-state index is 13.2. The molecule has 0 aliphatic heterocycles. The Bertz CT molecular complexity index is 336. The standard InChI is InChI=1S/C11H14ClF2NO/c1-16-7-10(5-12)15-6-8-4-9(13)2-3-11(8)14/h2-4,10,15H,5-7H2,1H3. The molecule has 1 unspecified atom stereocenters. The highest BCUT2D eigenvalue weighted by molar-refractivity contribution is 6.18. The van der Waals surface area contributed by atoms with Crippen molar-refractivity contribution in [2.45, 2.75) is 12.6 Å². The minimum atomic E-state index is -0.452. The number of methoxy groups -OCH3 is 1. The zero-order chi connectivity index (χ0) is 12.0. The Balaban J connectivity index is 2.55. The molecule has 0 amide bonds. The summed E-state index contributed by atoms with van der Waals surface area (Å²) in [6.07, 6.45) is 0. The topological polar surface area (TPSA) is 21.3 Å². The molecule has 1 aromatic rings. The third-order valence-electron chi connectivity index (χ3n) is 2.14. The second-order valence-electron chi connectivity index (χ2n) is 3.42. The van der Waals surface area contributed by atoms with Crippen LogP contribution in [0.1, 0.15) is 5.56 Å². The zero-order valence-corrected chi connectivity index (χ0v) is 9.73. The number of rotatable bonds is 6. The first-order valence-corrected chi connectivity index (χ1v) is 5.43. The molecule has 5 heteroatoms. The molecule has 0 spiro atoms. The van der Waals surface area contributed by atoms with E-state index < -0.39 is 11.6 Å². The highest BCUT2D eigenvalue weighted by Crippen LogP contribution is 2.09. The van der Waals surface area contributed by atoms with Gasteiger partial charge in [-0.2, -0.15) is 0 Å². The molecule has 1 rings (SSSR count). The minimum Gasteiger partial charge on any atom is -0.383 e. The molecule has 0 aliphatic carbocycles. The lowest BCUT2D eigenvalue weighted by Crippen LogP contribution is -2.34. The van der Waals surface area contributed by atoms with E-state index in [2.05, 4.69) is 5.32 Å². The van der Waals surface area contributed by atoms with Crippen LogP contribution in [-0.2, 0) is 11.3 Å². The molecular weight excluding hydrogens is 236 g/mol. The maximum atomic E-state index is 13.2. The Morgan fingerprint density at radius 3 is 2.81 bits per heavy atom. The van der Waals surface area contributed by atoms with Crippen molar-refractivity contribution in [1.82, 2.24) is 5.32 Å². The fourth-order valence-corrected chi connectivity index (χ4v) is 1.49. The normalized spacial score (nSPS) is 12.8. The highest BCUT2D eigenvalue weighted by atomic mass is 35.5. The van der Waals surface area contributed by atoms with Crippen molar-refractivity contribution in [1.29, 1.82) is 0 Å². The average molecular weight is 250 g/mol. The molecule has 0 fully saturated rings. The van der Waals surface area contributed by atoms with Gasteiger partial charge in [-0.15, -0.1) is 11.6 Å². The van der Waals surface area contributed by atoms with E-state index in [1.54, 1.807) is 7.11 Å². The van der Waals surface area contributed by atoms with Gasteiger partial charge < -0.3 is 10.1 Å². The summed E-state index contributed by atoms with van der Waals surface area (Å²) in [5, 5.41) is 2.99. The van der Waals surface area contributed by atoms with E-state index in [4.69, 9.17) is 16.3 Å². The van der Waals surface area contributed by atoms with Gasteiger partial charge in [0.1, 0.15) is 11.6 Å². The van der Waals surface area contributed by atoms with Gasteiger partial charge in [0, 0.05) is 31.1 Å². The number of halogens is 3. The smallest absolute Gasteiger partial charge is 0.127 e. The van der Waals surface area contributed by atoms with Crippen LogP contribution < -0.4 is 5.32 Å². The summed E-state index contributed by atoms with van der Waals surface area (Å²) in [6, 6.07) is 3.29. The number of ether oxygens (including phenoxy) is 1. The summed E-state index contributed by atoms with van der Waals surface area (Å²) in [5.41, 5.74) is 0.284. The summed E-state index contributed by atoms with van der Waals surface area (Å²) in [5.74, 6) is -0.530. The first kappa shape index (κ1) is 13.4. The molecule has 0 radical (unpaired) electrons. The van der Waals surface area contributed by atoms with Gasteiger partial charge in [-0.25, -0.2) is 8.78 Å². The minimum absolute atomic E-state index is 0.0747. The molecule has 0 bridgehead atoms. The zero-order valence-electron chi connectivity index (χ0n) is 8.97. The van der Waals surface area contributed by atoms with Gasteiger partial charge in [0.2, 0.25) is 0 Å². The Morgan fingerprint density at radius 1 is 1.44 bits per heavy atom. The van der Waals surface area contributed by atoms with E-state index in [1.165, 1.54) is 6.07 Å². The van der Waals surface area contributed by atoms with Crippen molar-refractivity contribution in [2.75, 3.05) is 19.6 Å². The first-order valence-electron chi connectivity index (χ1n) is 4.89. The lowest BCUT2D eigenvalue weighted by molar-refractivity contribution is 0.172. The molecule has 1 aromatic carbocycles. The molecule has 90 valence electrons. The third-order valence-corrected chi connectivity index (χ3v) is 2.52. The fourth-order valence-electron chi connectivity index (χ4n) is 1.29. The first-order chi connectivity index (χ1) is 7.67. The second-order valence-corrected chi connectivity index (χ2v) is 3.73. The summed E-state index contributed by atoms with van der Waals surface area (Å²) >= 11 is 5.67. The monoisotopic (exact) mass is 249 g/mol. The van der Waals surface area contributed by atoms with Gasteiger partial charge in [-0.1, -0.05) is 0 Å². The van der Waals surface area contributed by atoms with Crippen LogP contribution >= 0.6 is 11.6 Å². The highest BCUT2D eigenvalue weighted by Gasteiger charge is 2.08. The maximum Gasteiger partial charge on any atom is 0.127 e. The number of nitrogens with one attached hydrogen (secondary N) is 1. The Labute approximate surface area is 98.6 Å². The Kier molecular flexibility index (Phi) is 5.66. The SMILES string of the molecule is COCC(CCl)NCc1cc(F)ccc1F. The molecule has 2 nitrogen and oxygen atoms in total. The van der Waals surface area contributed by atoms with Crippen LogP contribution in [0.15, 0.2) is 18.2 Å². The van der Waals surface area contributed by atoms with Crippen molar-refractivity contribution < 1.29 is 13.5 Å². The van der Waals surface area contributed by atoms with Crippen molar-refractivity contribution in [2.24, 2.45) is 0 Å². The molecule has 1 atom stereocenters. The van der Waals surface area contributed by atoms with Gasteiger partial charge in [0.25, 0.3) is 0 Å². The van der Waals surface area contributed by atoms with Crippen LogP contribution in [0.2, 0.25) is 0 Å². The van der Waals surface area contributed by atoms with E-state index in [0.717, 1.165) is 12.1 Å². The predicted octanol–water partition coefficient (Wildman–Crippen LogP) is 2.31. The number of alkyl halides is 1. The lowest BCUT2D eigenvalue weighted by Gasteiger charge is -2.15. The van der Waals surface area contributed by atoms with Crippen LogP contribution in [-0.4, -0.2) is 25.6 Å². The van der Waals surface area contributed by atoms with Crippen molar-refractivity contribution in [3.63, 3.8) is 0 Å². The molecule has 16 heavy (non-hydrogen) atoms. The molecule has 0 aliphatic rings. The third kappa shape index (κ3) is 4.04. The Hall–Kier alpha value is -0.710. The lowest BCUT2D eigenvalue weighted by atomic mass is 10.2. The quantitative estimate of drug-likeness (QED) is 0.782. The second kappa shape index (κ2) is 6.78. The van der Waals surface area contributed by atoms with Gasteiger partial charge in [0.05, 0.1) is 6.61 Å². The molecule has 1 N–H and O–H groups in total. The molecule has 0 saturated heterocycles.